The van der Waals surface area contributed by atoms with Gasteiger partial charge in [-0.2, -0.15) is 0 Å². The van der Waals surface area contributed by atoms with Gasteiger partial charge in [-0.05, 0) is 74.9 Å². The van der Waals surface area contributed by atoms with E-state index >= 15 is 0 Å². The molecular weight excluding hydrogens is 307 g/mol. The fraction of sp³-hybridized carbons (Fsp3) is 0.632. The first-order chi connectivity index (χ1) is 11.6. The number of likely N-dealkylation sites (tertiary alicyclic amines) is 2. The number of amides is 1. The van der Waals surface area contributed by atoms with Crippen molar-refractivity contribution in [1.29, 1.82) is 0 Å². The third-order valence-corrected chi connectivity index (χ3v) is 6.10. The summed E-state index contributed by atoms with van der Waals surface area (Å²) in [6, 6.07) is 6.05. The Morgan fingerprint density at radius 1 is 1.04 bits per heavy atom. The van der Waals surface area contributed by atoms with Gasteiger partial charge in [-0.15, -0.1) is 0 Å². The highest BCUT2D eigenvalue weighted by Gasteiger charge is 2.44. The third-order valence-electron chi connectivity index (χ3n) is 6.10. The fourth-order valence-corrected chi connectivity index (χ4v) is 4.81. The van der Waals surface area contributed by atoms with Crippen molar-refractivity contribution in [2.75, 3.05) is 26.2 Å². The van der Waals surface area contributed by atoms with Crippen molar-refractivity contribution in [1.82, 2.24) is 9.80 Å². The summed E-state index contributed by atoms with van der Waals surface area (Å²) in [5, 5.41) is 10.6. The molecule has 1 aromatic carbocycles. The lowest BCUT2D eigenvalue weighted by molar-refractivity contribution is -0.000864. The van der Waals surface area contributed by atoms with Gasteiger partial charge in [0.2, 0.25) is 0 Å². The van der Waals surface area contributed by atoms with Gasteiger partial charge in [-0.3, -0.25) is 9.69 Å². The maximum absolute atomic E-state index is 13.0. The van der Waals surface area contributed by atoms with Crippen molar-refractivity contribution >= 4 is 5.91 Å². The lowest BCUT2D eigenvalue weighted by atomic mass is 9.77. The Bertz CT molecular complexity index is 600. The van der Waals surface area contributed by atoms with E-state index in [4.69, 9.17) is 0 Å². The van der Waals surface area contributed by atoms with E-state index in [9.17, 15) is 14.3 Å². The molecule has 24 heavy (non-hydrogen) atoms. The SMILES string of the molecule is O=C(c1ccc(F)cc1)N1C[C@H]2C[C@@H](N3CCCC3)[C@H](O)C[C@H]2C1. The molecule has 3 aliphatic rings. The molecule has 0 bridgehead atoms. The Labute approximate surface area is 142 Å². The number of rotatable bonds is 2. The number of aliphatic hydroxyl groups excluding tert-OH is 1. The van der Waals surface area contributed by atoms with Crippen molar-refractivity contribution in [2.24, 2.45) is 11.8 Å². The zero-order chi connectivity index (χ0) is 16.7. The van der Waals surface area contributed by atoms with Crippen LogP contribution in [0.4, 0.5) is 4.39 Å². The first kappa shape index (κ1) is 16.0. The molecule has 4 rings (SSSR count). The second-order valence-corrected chi connectivity index (χ2v) is 7.59. The highest BCUT2D eigenvalue weighted by molar-refractivity contribution is 5.94. The molecule has 2 aliphatic heterocycles. The topological polar surface area (TPSA) is 43.8 Å². The van der Waals surface area contributed by atoms with E-state index in [0.717, 1.165) is 32.5 Å². The summed E-state index contributed by atoms with van der Waals surface area (Å²) in [7, 11) is 0. The smallest absolute Gasteiger partial charge is 0.253 e. The average molecular weight is 332 g/mol. The molecule has 0 spiro atoms. The minimum atomic E-state index is -0.321. The number of aliphatic hydroxyl groups is 1. The summed E-state index contributed by atoms with van der Waals surface area (Å²) in [6.45, 7) is 3.66. The van der Waals surface area contributed by atoms with E-state index in [2.05, 4.69) is 4.90 Å². The number of nitrogens with zero attached hydrogens (tertiary/aromatic N) is 2. The number of hydrogen-bond acceptors (Lipinski definition) is 3. The molecule has 130 valence electrons. The van der Waals surface area contributed by atoms with Crippen LogP contribution in [0.5, 0.6) is 0 Å². The van der Waals surface area contributed by atoms with Crippen LogP contribution < -0.4 is 0 Å². The molecule has 0 radical (unpaired) electrons. The quantitative estimate of drug-likeness (QED) is 0.902. The monoisotopic (exact) mass is 332 g/mol. The molecule has 0 unspecified atom stereocenters. The van der Waals surface area contributed by atoms with E-state index in [-0.39, 0.29) is 23.9 Å². The standard InChI is InChI=1S/C19H25FN2O2/c20-16-5-3-13(4-6-16)19(24)22-11-14-9-17(21-7-1-2-8-21)18(23)10-15(14)12-22/h3-6,14-15,17-18,23H,1-2,7-12H2/t14-,15+,17-,18-/m1/s1. The largest absolute Gasteiger partial charge is 0.391 e. The van der Waals surface area contributed by atoms with Crippen molar-refractivity contribution in [3.63, 3.8) is 0 Å². The number of hydrogen-bond donors (Lipinski definition) is 1. The summed E-state index contributed by atoms with van der Waals surface area (Å²) >= 11 is 0. The van der Waals surface area contributed by atoms with E-state index in [1.165, 1.54) is 25.0 Å². The Balaban J connectivity index is 1.43. The molecule has 4 nitrogen and oxygen atoms in total. The van der Waals surface area contributed by atoms with Crippen LogP contribution in [0.25, 0.3) is 0 Å². The Morgan fingerprint density at radius 3 is 2.33 bits per heavy atom. The molecular formula is C19H25FN2O2. The summed E-state index contributed by atoms with van der Waals surface area (Å²) in [6.07, 6.45) is 3.96. The van der Waals surface area contributed by atoms with Gasteiger partial charge in [0.25, 0.3) is 5.91 Å². The zero-order valence-corrected chi connectivity index (χ0v) is 13.9. The minimum Gasteiger partial charge on any atom is -0.391 e. The highest BCUT2D eigenvalue weighted by Crippen LogP contribution is 2.39. The maximum Gasteiger partial charge on any atom is 0.253 e. The summed E-state index contributed by atoms with van der Waals surface area (Å²) in [5.74, 6) is 0.529. The van der Waals surface area contributed by atoms with Gasteiger partial charge in [0.1, 0.15) is 5.82 Å². The van der Waals surface area contributed by atoms with Gasteiger partial charge in [0, 0.05) is 24.7 Å². The molecule has 1 saturated carbocycles. The van der Waals surface area contributed by atoms with Crippen LogP contribution in [0.3, 0.4) is 0 Å². The van der Waals surface area contributed by atoms with Crippen molar-refractivity contribution in [2.45, 2.75) is 37.8 Å². The normalized spacial score (nSPS) is 33.7. The van der Waals surface area contributed by atoms with Crippen LogP contribution >= 0.6 is 0 Å². The van der Waals surface area contributed by atoms with Gasteiger partial charge in [-0.25, -0.2) is 4.39 Å². The van der Waals surface area contributed by atoms with Gasteiger partial charge < -0.3 is 10.0 Å². The van der Waals surface area contributed by atoms with Crippen LogP contribution in [0.2, 0.25) is 0 Å². The minimum absolute atomic E-state index is 0.0170. The Kier molecular flexibility index (Phi) is 4.31. The van der Waals surface area contributed by atoms with Gasteiger partial charge >= 0.3 is 0 Å². The molecule has 1 aromatic rings. The van der Waals surface area contributed by atoms with E-state index in [1.54, 1.807) is 12.1 Å². The van der Waals surface area contributed by atoms with Gasteiger partial charge in [0.15, 0.2) is 0 Å². The number of carbonyl (C=O) groups excluding carboxylic acids is 1. The van der Waals surface area contributed by atoms with Gasteiger partial charge in [-0.1, -0.05) is 0 Å². The molecule has 1 amide bonds. The summed E-state index contributed by atoms with van der Waals surface area (Å²) in [5.41, 5.74) is 0.548. The van der Waals surface area contributed by atoms with Crippen LogP contribution in [0.15, 0.2) is 24.3 Å². The lowest BCUT2D eigenvalue weighted by Crippen LogP contribution is -2.48. The van der Waals surface area contributed by atoms with Crippen LogP contribution in [-0.4, -0.2) is 59.1 Å². The number of halogens is 1. The Morgan fingerprint density at radius 2 is 1.67 bits per heavy atom. The fourth-order valence-electron chi connectivity index (χ4n) is 4.81. The average Bonchev–Trinajstić information content (AvgIpc) is 3.23. The maximum atomic E-state index is 13.0. The first-order valence-electron chi connectivity index (χ1n) is 9.09. The summed E-state index contributed by atoms with van der Waals surface area (Å²) in [4.78, 5) is 17.0. The van der Waals surface area contributed by atoms with Crippen LogP contribution in [-0.2, 0) is 0 Å². The lowest BCUT2D eigenvalue weighted by Gasteiger charge is -2.40. The third kappa shape index (κ3) is 2.95. The second-order valence-electron chi connectivity index (χ2n) is 7.59. The summed E-state index contributed by atoms with van der Waals surface area (Å²) < 4.78 is 13.0. The van der Waals surface area contributed by atoms with E-state index in [0.29, 0.717) is 23.9 Å². The zero-order valence-electron chi connectivity index (χ0n) is 13.9. The van der Waals surface area contributed by atoms with E-state index < -0.39 is 0 Å². The van der Waals surface area contributed by atoms with Crippen molar-refractivity contribution in [3.8, 4) is 0 Å². The van der Waals surface area contributed by atoms with E-state index in [1.807, 2.05) is 4.90 Å². The molecule has 4 atom stereocenters. The molecule has 0 aromatic heterocycles. The molecule has 2 saturated heterocycles. The van der Waals surface area contributed by atoms with Crippen molar-refractivity contribution < 1.29 is 14.3 Å². The molecule has 2 heterocycles. The number of carbonyl (C=O) groups is 1. The number of fused-ring (bicyclic) bond motifs is 1. The molecule has 5 heteroatoms. The van der Waals surface area contributed by atoms with Crippen LogP contribution in [0, 0.1) is 17.7 Å². The van der Waals surface area contributed by atoms with Gasteiger partial charge in [0.05, 0.1) is 6.10 Å². The molecule has 3 fully saturated rings. The Hall–Kier alpha value is -1.46. The molecule has 1 N–H and O–H groups in total. The molecule has 1 aliphatic carbocycles. The highest BCUT2D eigenvalue weighted by atomic mass is 19.1. The predicted octanol–water partition coefficient (Wildman–Crippen LogP) is 2.13. The second kappa shape index (κ2) is 6.45. The van der Waals surface area contributed by atoms with Crippen molar-refractivity contribution in [3.05, 3.63) is 35.6 Å². The predicted molar refractivity (Wildman–Crippen MR) is 89.1 cm³/mol. The number of benzene rings is 1. The van der Waals surface area contributed by atoms with Crippen LogP contribution in [0.1, 0.15) is 36.0 Å². The first-order valence-corrected chi connectivity index (χ1v) is 9.09.